The number of rotatable bonds is 2. The molecule has 0 spiro atoms. The van der Waals surface area contributed by atoms with Gasteiger partial charge in [-0.2, -0.15) is 0 Å². The Bertz CT molecular complexity index is 692. The number of nitrogens with zero attached hydrogens (tertiary/aromatic N) is 2. The van der Waals surface area contributed by atoms with Crippen molar-refractivity contribution in [3.05, 3.63) is 35.9 Å². The minimum Gasteiger partial charge on any atom is -0.384 e. The Morgan fingerprint density at radius 3 is 2.59 bits per heavy atom. The second-order valence-electron chi connectivity index (χ2n) is 6.42. The van der Waals surface area contributed by atoms with Crippen LogP contribution in [-0.4, -0.2) is 50.6 Å². The van der Waals surface area contributed by atoms with E-state index < -0.39 is 0 Å². The van der Waals surface area contributed by atoms with Gasteiger partial charge in [0.2, 0.25) is 0 Å². The topological polar surface area (TPSA) is 18.5 Å². The number of piperazine rings is 1. The first-order chi connectivity index (χ1) is 10.8. The second kappa shape index (κ2) is 5.64. The number of fused-ring (bicyclic) bond motifs is 3. The molecule has 0 saturated carbocycles. The van der Waals surface area contributed by atoms with Gasteiger partial charge in [-0.25, -0.2) is 0 Å². The van der Waals surface area contributed by atoms with Crippen molar-refractivity contribution in [1.29, 1.82) is 0 Å². The monoisotopic (exact) mass is 315 g/mol. The molecule has 4 heteroatoms. The summed E-state index contributed by atoms with van der Waals surface area (Å²) in [5, 5.41) is 6.29. The molecular weight excluding hydrogens is 294 g/mol. The summed E-state index contributed by atoms with van der Waals surface area (Å²) in [5.74, 6) is 1.10. The van der Waals surface area contributed by atoms with Crippen LogP contribution in [0.25, 0.3) is 10.8 Å². The largest absolute Gasteiger partial charge is 0.384 e. The molecule has 2 aliphatic rings. The van der Waals surface area contributed by atoms with Crippen LogP contribution < -0.4 is 10.2 Å². The SMILES string of the molecule is CN1CCN(c2cc3c(c4ccccc24)[C@H](CCl)CN3)CC1. The number of hydrogen-bond donors (Lipinski definition) is 1. The summed E-state index contributed by atoms with van der Waals surface area (Å²) in [7, 11) is 2.20. The first-order valence-electron chi connectivity index (χ1n) is 8.07. The quantitative estimate of drug-likeness (QED) is 0.858. The fourth-order valence-corrected chi connectivity index (χ4v) is 4.00. The predicted molar refractivity (Wildman–Crippen MR) is 95.6 cm³/mol. The van der Waals surface area contributed by atoms with E-state index in [1.54, 1.807) is 0 Å². The highest BCUT2D eigenvalue weighted by molar-refractivity contribution is 6.19. The normalized spacial score (nSPS) is 21.9. The summed E-state index contributed by atoms with van der Waals surface area (Å²) >= 11 is 6.18. The molecule has 0 aliphatic carbocycles. The molecule has 3 nitrogen and oxygen atoms in total. The molecule has 2 aromatic rings. The zero-order valence-electron chi connectivity index (χ0n) is 13.0. The molecule has 0 amide bonds. The van der Waals surface area contributed by atoms with E-state index in [9.17, 15) is 0 Å². The fourth-order valence-electron chi connectivity index (χ4n) is 3.74. The highest BCUT2D eigenvalue weighted by Crippen LogP contribution is 2.42. The van der Waals surface area contributed by atoms with E-state index in [0.29, 0.717) is 11.8 Å². The van der Waals surface area contributed by atoms with Gasteiger partial charge >= 0.3 is 0 Å². The molecule has 0 unspecified atom stereocenters. The van der Waals surface area contributed by atoms with E-state index in [-0.39, 0.29) is 0 Å². The van der Waals surface area contributed by atoms with Crippen LogP contribution >= 0.6 is 11.6 Å². The number of benzene rings is 2. The van der Waals surface area contributed by atoms with Crippen LogP contribution in [0.15, 0.2) is 30.3 Å². The van der Waals surface area contributed by atoms with E-state index in [1.807, 2.05) is 0 Å². The second-order valence-corrected chi connectivity index (χ2v) is 6.73. The summed E-state index contributed by atoms with van der Waals surface area (Å²) in [6.07, 6.45) is 0. The lowest BCUT2D eigenvalue weighted by Crippen LogP contribution is -2.44. The zero-order valence-corrected chi connectivity index (χ0v) is 13.7. The fraction of sp³-hybridized carbons (Fsp3) is 0.444. The van der Waals surface area contributed by atoms with Gasteiger partial charge < -0.3 is 15.1 Å². The molecule has 1 fully saturated rings. The van der Waals surface area contributed by atoms with Crippen molar-refractivity contribution in [2.45, 2.75) is 5.92 Å². The van der Waals surface area contributed by atoms with Gasteiger partial charge in [-0.15, -0.1) is 11.6 Å². The van der Waals surface area contributed by atoms with E-state index in [2.05, 4.69) is 52.5 Å². The number of halogens is 1. The van der Waals surface area contributed by atoms with Crippen molar-refractivity contribution < 1.29 is 0 Å². The maximum absolute atomic E-state index is 6.18. The maximum Gasteiger partial charge on any atom is 0.0467 e. The lowest BCUT2D eigenvalue weighted by molar-refractivity contribution is 0.313. The molecule has 22 heavy (non-hydrogen) atoms. The number of likely N-dealkylation sites (N-methyl/N-ethyl adjacent to an activating group) is 1. The standard InChI is InChI=1S/C18H22ClN3/c1-21-6-8-22(9-7-21)17-10-16-18(13(11-19)12-20-16)15-5-3-2-4-14(15)17/h2-5,10,13,20H,6-9,11-12H2,1H3/t13-/m1/s1. The van der Waals surface area contributed by atoms with E-state index >= 15 is 0 Å². The third-order valence-corrected chi connectivity index (χ3v) is 5.41. The summed E-state index contributed by atoms with van der Waals surface area (Å²) in [4.78, 5) is 4.92. The number of alkyl halides is 1. The van der Waals surface area contributed by atoms with Crippen LogP contribution in [0.2, 0.25) is 0 Å². The van der Waals surface area contributed by atoms with Crippen molar-refractivity contribution in [3.63, 3.8) is 0 Å². The van der Waals surface area contributed by atoms with E-state index in [1.165, 1.54) is 27.7 Å². The van der Waals surface area contributed by atoms with Crippen LogP contribution in [0, 0.1) is 0 Å². The molecular formula is C18H22ClN3. The van der Waals surface area contributed by atoms with Gasteiger partial charge in [0.1, 0.15) is 0 Å². The molecule has 1 saturated heterocycles. The van der Waals surface area contributed by atoms with Gasteiger partial charge in [-0.1, -0.05) is 24.3 Å². The Kier molecular flexibility index (Phi) is 3.63. The number of hydrogen-bond acceptors (Lipinski definition) is 3. The third-order valence-electron chi connectivity index (χ3n) is 5.04. The Labute approximate surface area is 136 Å². The van der Waals surface area contributed by atoms with Gasteiger partial charge in [-0.05, 0) is 24.1 Å². The lowest BCUT2D eigenvalue weighted by atomic mass is 9.94. The van der Waals surface area contributed by atoms with Crippen molar-refractivity contribution in [2.75, 3.05) is 55.9 Å². The molecule has 0 bridgehead atoms. The molecule has 116 valence electrons. The molecule has 0 radical (unpaired) electrons. The molecule has 0 aromatic heterocycles. The minimum absolute atomic E-state index is 0.420. The van der Waals surface area contributed by atoms with Crippen molar-refractivity contribution in [2.24, 2.45) is 0 Å². The first-order valence-corrected chi connectivity index (χ1v) is 8.60. The average Bonchev–Trinajstić information content (AvgIpc) is 2.98. The molecule has 1 atom stereocenters. The van der Waals surface area contributed by atoms with E-state index in [4.69, 9.17) is 11.6 Å². The smallest absolute Gasteiger partial charge is 0.0467 e. The summed E-state index contributed by atoms with van der Waals surface area (Å²) in [6, 6.07) is 11.1. The molecule has 4 rings (SSSR count). The minimum atomic E-state index is 0.420. The highest BCUT2D eigenvalue weighted by Gasteiger charge is 2.26. The molecule has 2 heterocycles. The Hall–Kier alpha value is -1.45. The van der Waals surface area contributed by atoms with Crippen LogP contribution in [-0.2, 0) is 0 Å². The van der Waals surface area contributed by atoms with Crippen molar-refractivity contribution >= 4 is 33.7 Å². The zero-order chi connectivity index (χ0) is 15.1. The summed E-state index contributed by atoms with van der Waals surface area (Å²) in [6.45, 7) is 5.40. The van der Waals surface area contributed by atoms with Crippen molar-refractivity contribution in [1.82, 2.24) is 4.90 Å². The lowest BCUT2D eigenvalue weighted by Gasteiger charge is -2.35. The van der Waals surface area contributed by atoms with Gasteiger partial charge in [0.05, 0.1) is 0 Å². The van der Waals surface area contributed by atoms with Crippen molar-refractivity contribution in [3.8, 4) is 0 Å². The molecule has 2 aliphatic heterocycles. The number of anilines is 2. The third kappa shape index (κ3) is 2.24. The van der Waals surface area contributed by atoms with Gasteiger partial charge in [0.15, 0.2) is 0 Å². The Balaban J connectivity index is 1.85. The van der Waals surface area contributed by atoms with Gasteiger partial charge in [0, 0.05) is 61.3 Å². The summed E-state index contributed by atoms with van der Waals surface area (Å²) < 4.78 is 0. The molecule has 1 N–H and O–H groups in total. The van der Waals surface area contributed by atoms with Gasteiger partial charge in [0.25, 0.3) is 0 Å². The average molecular weight is 316 g/mol. The van der Waals surface area contributed by atoms with Crippen LogP contribution in [0.4, 0.5) is 11.4 Å². The van der Waals surface area contributed by atoms with Crippen LogP contribution in [0.3, 0.4) is 0 Å². The predicted octanol–water partition coefficient (Wildman–Crippen LogP) is 3.34. The van der Waals surface area contributed by atoms with Gasteiger partial charge in [-0.3, -0.25) is 0 Å². The van der Waals surface area contributed by atoms with E-state index in [0.717, 1.165) is 32.7 Å². The Morgan fingerprint density at radius 1 is 1.14 bits per heavy atom. The van der Waals surface area contributed by atoms with Crippen LogP contribution in [0.5, 0.6) is 0 Å². The number of nitrogens with one attached hydrogen (secondary N) is 1. The first kappa shape index (κ1) is 14.2. The highest BCUT2D eigenvalue weighted by atomic mass is 35.5. The Morgan fingerprint density at radius 2 is 1.86 bits per heavy atom. The van der Waals surface area contributed by atoms with Crippen LogP contribution in [0.1, 0.15) is 11.5 Å². The summed E-state index contributed by atoms with van der Waals surface area (Å²) in [5.41, 5.74) is 4.05. The molecule has 2 aromatic carbocycles. The maximum atomic E-state index is 6.18.